The van der Waals surface area contributed by atoms with Crippen LogP contribution in [0, 0.1) is 17.8 Å². The van der Waals surface area contributed by atoms with Crippen molar-refractivity contribution in [3.63, 3.8) is 0 Å². The first kappa shape index (κ1) is 27.4. The summed E-state index contributed by atoms with van der Waals surface area (Å²) in [5.74, 6) is -3.36. The minimum Gasteiger partial charge on any atom is -0.511 e. The van der Waals surface area contributed by atoms with Crippen LogP contribution in [0.4, 0.5) is 0 Å². The Hall–Kier alpha value is -4.17. The zero-order valence-electron chi connectivity index (χ0n) is 23.1. The summed E-state index contributed by atoms with van der Waals surface area (Å²) in [7, 11) is 1.31. The largest absolute Gasteiger partial charge is 0.511 e. The lowest BCUT2D eigenvalue weighted by Crippen LogP contribution is -2.63. The van der Waals surface area contributed by atoms with Crippen LogP contribution in [0.25, 0.3) is 16.7 Å². The molecule has 208 valence electrons. The molecule has 0 heterocycles. The number of ether oxygens (including phenoxy) is 1. The number of hydrogen-bond donors (Lipinski definition) is 4. The third-order valence-electron chi connectivity index (χ3n) is 8.86. The highest BCUT2D eigenvalue weighted by Crippen LogP contribution is 2.64. The van der Waals surface area contributed by atoms with E-state index >= 15 is 0 Å². The molecule has 0 amide bonds. The van der Waals surface area contributed by atoms with Crippen molar-refractivity contribution in [1.29, 1.82) is 0 Å². The molecule has 3 atom stereocenters. The molecule has 3 aliphatic carbocycles. The number of carbonyl (C=O) groups excluding carboxylic acids is 3. The summed E-state index contributed by atoms with van der Waals surface area (Å²) >= 11 is 0. The number of aliphatic hydroxyl groups is 3. The molecule has 0 bridgehead atoms. The first-order valence-electron chi connectivity index (χ1n) is 13.0. The number of Topliss-reactive ketones (excluding diaryl/α,β-unsaturated/α-hetero) is 2. The van der Waals surface area contributed by atoms with Crippen LogP contribution in [-0.4, -0.2) is 50.7 Å². The second-order valence-corrected chi connectivity index (χ2v) is 11.8. The number of esters is 1. The molecule has 2 aromatic carbocycles. The van der Waals surface area contributed by atoms with E-state index in [4.69, 9.17) is 4.74 Å². The molecule has 4 N–H and O–H groups in total. The van der Waals surface area contributed by atoms with Gasteiger partial charge in [-0.2, -0.15) is 0 Å². The van der Waals surface area contributed by atoms with Crippen LogP contribution in [-0.2, 0) is 20.7 Å². The second kappa shape index (κ2) is 8.66. The molecular formula is C32H32O8. The Morgan fingerprint density at radius 1 is 1.05 bits per heavy atom. The molecule has 2 aromatic rings. The van der Waals surface area contributed by atoms with Crippen molar-refractivity contribution in [3.8, 4) is 16.9 Å². The molecule has 0 fully saturated rings. The van der Waals surface area contributed by atoms with Gasteiger partial charge in [0.15, 0.2) is 11.4 Å². The Morgan fingerprint density at radius 2 is 1.73 bits per heavy atom. The van der Waals surface area contributed by atoms with Gasteiger partial charge >= 0.3 is 5.97 Å². The molecule has 0 aliphatic heterocycles. The molecule has 8 heteroatoms. The number of hydrogen-bond acceptors (Lipinski definition) is 8. The summed E-state index contributed by atoms with van der Waals surface area (Å²) in [6.07, 6.45) is 0.255. The molecule has 0 saturated heterocycles. The van der Waals surface area contributed by atoms with Crippen molar-refractivity contribution in [2.24, 2.45) is 10.8 Å². The van der Waals surface area contributed by atoms with E-state index in [1.807, 2.05) is 19.9 Å². The predicted octanol–water partition coefficient (Wildman–Crippen LogP) is 5.06. The van der Waals surface area contributed by atoms with E-state index in [0.717, 1.165) is 29.2 Å². The van der Waals surface area contributed by atoms with Gasteiger partial charge in [-0.1, -0.05) is 32.6 Å². The number of aromatic hydroxyl groups is 1. The Bertz CT molecular complexity index is 1630. The molecule has 40 heavy (non-hydrogen) atoms. The van der Waals surface area contributed by atoms with Crippen LogP contribution < -0.4 is 0 Å². The predicted molar refractivity (Wildman–Crippen MR) is 148 cm³/mol. The van der Waals surface area contributed by atoms with E-state index in [1.54, 1.807) is 25.1 Å². The summed E-state index contributed by atoms with van der Waals surface area (Å²) in [6, 6.07) is 8.61. The molecule has 0 spiro atoms. The van der Waals surface area contributed by atoms with E-state index in [-0.39, 0.29) is 36.2 Å². The van der Waals surface area contributed by atoms with Crippen molar-refractivity contribution in [2.75, 3.05) is 7.11 Å². The summed E-state index contributed by atoms with van der Waals surface area (Å²) in [5, 5.41) is 45.2. The lowest BCUT2D eigenvalue weighted by molar-refractivity contribution is -0.158. The summed E-state index contributed by atoms with van der Waals surface area (Å²) < 4.78 is 4.92. The minimum atomic E-state index is -2.46. The smallest absolute Gasteiger partial charge is 0.337 e. The van der Waals surface area contributed by atoms with E-state index in [9.17, 15) is 34.8 Å². The standard InChI is InChI=1S/C32H32O8/c1-15-9-18(11-19(10-15)29(38)40-6)20-7-8-22(34)24-16(2)26-28(37)32(39)27(36)25(17(3)33)23(35)13-31(32,5)14-30(26,4)12-21(20)24/h7-11,34-35,37,39H,2,12-14H2,1,3-6H3/t30-,31+,32+/m1/s1. The number of aryl methyl sites for hydroxylation is 1. The Kier molecular flexibility index (Phi) is 5.93. The number of ketones is 2. The third-order valence-corrected chi connectivity index (χ3v) is 8.86. The average molecular weight is 545 g/mol. The Morgan fingerprint density at radius 3 is 2.35 bits per heavy atom. The lowest BCUT2D eigenvalue weighted by atomic mass is 9.48. The number of carbonyl (C=O) groups is 3. The number of rotatable bonds is 3. The summed E-state index contributed by atoms with van der Waals surface area (Å²) in [6.45, 7) is 10.7. The second-order valence-electron chi connectivity index (χ2n) is 11.8. The highest BCUT2D eigenvalue weighted by atomic mass is 16.5. The first-order chi connectivity index (χ1) is 18.6. The Balaban J connectivity index is 1.75. The van der Waals surface area contributed by atoms with E-state index in [2.05, 4.69) is 6.58 Å². The topological polar surface area (TPSA) is 141 Å². The lowest BCUT2D eigenvalue weighted by Gasteiger charge is -2.56. The van der Waals surface area contributed by atoms with Gasteiger partial charge in [-0.05, 0) is 72.7 Å². The fourth-order valence-corrected chi connectivity index (χ4v) is 7.31. The van der Waals surface area contributed by atoms with Crippen LogP contribution in [0.15, 0.2) is 59.6 Å². The maximum Gasteiger partial charge on any atom is 0.337 e. The Labute approximate surface area is 231 Å². The van der Waals surface area contributed by atoms with Gasteiger partial charge in [0.25, 0.3) is 0 Å². The molecule has 8 nitrogen and oxygen atoms in total. The molecule has 3 aliphatic rings. The van der Waals surface area contributed by atoms with Gasteiger partial charge in [-0.15, -0.1) is 0 Å². The number of phenols is 1. The van der Waals surface area contributed by atoms with Crippen molar-refractivity contribution in [1.82, 2.24) is 0 Å². The SMILES string of the molecule is C=C1C2=C(O)[C@@]3(O)C(=O)C(C(C)=O)=C(O)C[C@@]3(C)C[C@@]2(C)Cc2c(-c3cc(C)cc(C(=O)OC)c3)ccc(O)c21. The van der Waals surface area contributed by atoms with Gasteiger partial charge in [0, 0.05) is 28.4 Å². The van der Waals surface area contributed by atoms with E-state index < -0.39 is 51.1 Å². The van der Waals surface area contributed by atoms with Crippen LogP contribution in [0.1, 0.15) is 60.7 Å². The summed E-state index contributed by atoms with van der Waals surface area (Å²) in [4.78, 5) is 38.1. The quantitative estimate of drug-likeness (QED) is 0.311. The third kappa shape index (κ3) is 3.52. The van der Waals surface area contributed by atoms with Gasteiger partial charge in [-0.3, -0.25) is 9.59 Å². The van der Waals surface area contributed by atoms with Crippen molar-refractivity contribution < 1.29 is 39.5 Å². The molecule has 5 rings (SSSR count). The van der Waals surface area contributed by atoms with E-state index in [1.165, 1.54) is 13.2 Å². The van der Waals surface area contributed by atoms with Crippen LogP contribution >= 0.6 is 0 Å². The zero-order valence-corrected chi connectivity index (χ0v) is 23.1. The normalized spacial score (nSPS) is 27.6. The van der Waals surface area contributed by atoms with E-state index in [0.29, 0.717) is 11.1 Å². The number of allylic oxidation sites excluding steroid dienone is 3. The molecule has 0 saturated carbocycles. The molecule has 0 radical (unpaired) electrons. The minimum absolute atomic E-state index is 0.0933. The maximum absolute atomic E-state index is 13.5. The number of fused-ring (bicyclic) bond motifs is 3. The fraction of sp³-hybridized carbons (Fsp3) is 0.344. The van der Waals surface area contributed by atoms with Gasteiger partial charge in [0.05, 0.1) is 12.7 Å². The fourth-order valence-electron chi connectivity index (χ4n) is 7.31. The highest BCUT2D eigenvalue weighted by molar-refractivity contribution is 6.24. The number of aliphatic hydroxyl groups excluding tert-OH is 2. The van der Waals surface area contributed by atoms with Crippen molar-refractivity contribution in [3.05, 3.63) is 81.8 Å². The van der Waals surface area contributed by atoms with Gasteiger partial charge in [0.2, 0.25) is 5.78 Å². The molecule has 0 aromatic heterocycles. The number of phenolic OH excluding ortho intramolecular Hbond substituents is 1. The van der Waals surface area contributed by atoms with Crippen LogP contribution in [0.3, 0.4) is 0 Å². The van der Waals surface area contributed by atoms with Gasteiger partial charge in [0.1, 0.15) is 22.8 Å². The molecular weight excluding hydrogens is 512 g/mol. The van der Waals surface area contributed by atoms with Gasteiger partial charge < -0.3 is 25.2 Å². The average Bonchev–Trinajstić information content (AvgIpc) is 2.85. The number of benzene rings is 2. The van der Waals surface area contributed by atoms with Crippen molar-refractivity contribution in [2.45, 2.75) is 52.6 Å². The maximum atomic E-state index is 13.5. The monoisotopic (exact) mass is 544 g/mol. The first-order valence-corrected chi connectivity index (χ1v) is 13.0. The highest BCUT2D eigenvalue weighted by Gasteiger charge is 2.67. The zero-order chi connectivity index (χ0) is 29.5. The summed E-state index contributed by atoms with van der Waals surface area (Å²) in [5.41, 5.74) is -0.972. The molecule has 0 unspecified atom stereocenters. The van der Waals surface area contributed by atoms with Crippen LogP contribution in [0.2, 0.25) is 0 Å². The van der Waals surface area contributed by atoms with Crippen LogP contribution in [0.5, 0.6) is 5.75 Å². The van der Waals surface area contributed by atoms with Gasteiger partial charge in [-0.25, -0.2) is 4.79 Å². The van der Waals surface area contributed by atoms with Crippen molar-refractivity contribution >= 4 is 23.1 Å². The number of methoxy groups -OCH3 is 1.